The first-order valence-corrected chi connectivity index (χ1v) is 8.63. The van der Waals surface area contributed by atoms with E-state index in [1.165, 1.54) is 6.20 Å². The Balaban J connectivity index is 3.07. The van der Waals surface area contributed by atoms with Crippen LogP contribution in [0.1, 0.15) is 39.5 Å². The zero-order valence-corrected chi connectivity index (χ0v) is 13.4. The highest BCUT2D eigenvalue weighted by Gasteiger charge is 2.26. The number of nitrogens with one attached hydrogen (secondary N) is 1. The van der Waals surface area contributed by atoms with E-state index in [9.17, 15) is 8.42 Å². The largest absolute Gasteiger partial charge is 0.387 e. The Morgan fingerprint density at radius 2 is 1.80 bits per heavy atom. The lowest BCUT2D eigenvalue weighted by atomic mass is 10.3. The number of hydrogen-bond acceptors (Lipinski definition) is 4. The average molecular weight is 299 g/mol. The van der Waals surface area contributed by atoms with Crippen molar-refractivity contribution in [3.05, 3.63) is 18.5 Å². The number of rotatable bonds is 9. The Bertz CT molecular complexity index is 495. The molecule has 0 aliphatic rings. The van der Waals surface area contributed by atoms with Crippen LogP contribution in [0.3, 0.4) is 0 Å². The minimum atomic E-state index is -3.48. The molecule has 114 valence electrons. The summed E-state index contributed by atoms with van der Waals surface area (Å²) in [6, 6.07) is 1.69. The van der Waals surface area contributed by atoms with Gasteiger partial charge in [0, 0.05) is 32.5 Å². The van der Waals surface area contributed by atoms with Crippen molar-refractivity contribution in [2.24, 2.45) is 0 Å². The monoisotopic (exact) mass is 299 g/mol. The van der Waals surface area contributed by atoms with Gasteiger partial charge < -0.3 is 5.32 Å². The molecule has 0 aliphatic carbocycles. The molecule has 1 rings (SSSR count). The maximum Gasteiger partial charge on any atom is 0.246 e. The minimum Gasteiger partial charge on any atom is -0.387 e. The summed E-state index contributed by atoms with van der Waals surface area (Å²) in [6.45, 7) is 5.26. The van der Waals surface area contributed by atoms with Crippen LogP contribution >= 0.6 is 0 Å². The van der Waals surface area contributed by atoms with Crippen molar-refractivity contribution in [2.75, 3.05) is 25.5 Å². The van der Waals surface area contributed by atoms with Crippen molar-refractivity contribution in [3.63, 3.8) is 0 Å². The summed E-state index contributed by atoms with van der Waals surface area (Å²) in [5.41, 5.74) is 0.595. The second-order valence-electron chi connectivity index (χ2n) is 4.73. The molecule has 0 saturated carbocycles. The van der Waals surface area contributed by atoms with E-state index in [-0.39, 0.29) is 4.90 Å². The summed E-state index contributed by atoms with van der Waals surface area (Å²) >= 11 is 0. The molecule has 1 aromatic heterocycles. The molecule has 0 saturated heterocycles. The molecule has 0 amide bonds. The molecule has 5 nitrogen and oxygen atoms in total. The fourth-order valence-electron chi connectivity index (χ4n) is 1.95. The van der Waals surface area contributed by atoms with Gasteiger partial charge in [0.15, 0.2) is 0 Å². The molecule has 0 aromatic carbocycles. The van der Waals surface area contributed by atoms with E-state index in [4.69, 9.17) is 0 Å². The van der Waals surface area contributed by atoms with Gasteiger partial charge in [-0.05, 0) is 18.9 Å². The number of hydrogen-bond donors (Lipinski definition) is 1. The van der Waals surface area contributed by atoms with E-state index in [1.54, 1.807) is 23.6 Å². The van der Waals surface area contributed by atoms with Crippen molar-refractivity contribution in [3.8, 4) is 0 Å². The van der Waals surface area contributed by atoms with Gasteiger partial charge in [-0.25, -0.2) is 8.42 Å². The molecule has 0 aliphatic heterocycles. The highest BCUT2D eigenvalue weighted by Crippen LogP contribution is 2.23. The van der Waals surface area contributed by atoms with E-state index in [0.717, 1.165) is 25.7 Å². The lowest BCUT2D eigenvalue weighted by molar-refractivity contribution is 0.395. The van der Waals surface area contributed by atoms with Gasteiger partial charge in [0.1, 0.15) is 4.90 Å². The lowest BCUT2D eigenvalue weighted by Crippen LogP contribution is -2.33. The predicted molar refractivity (Wildman–Crippen MR) is 82.4 cm³/mol. The molecule has 0 unspecified atom stereocenters. The quantitative estimate of drug-likeness (QED) is 0.761. The molecule has 1 aromatic rings. The Labute approximate surface area is 122 Å². The number of aromatic nitrogens is 1. The molecule has 0 bridgehead atoms. The molecular formula is C14H25N3O2S. The number of nitrogens with zero attached hydrogens (tertiary/aromatic N) is 2. The highest BCUT2D eigenvalue weighted by atomic mass is 32.2. The summed E-state index contributed by atoms with van der Waals surface area (Å²) in [4.78, 5) is 4.22. The Morgan fingerprint density at radius 1 is 1.20 bits per heavy atom. The van der Waals surface area contributed by atoms with Crippen molar-refractivity contribution in [1.29, 1.82) is 0 Å². The van der Waals surface area contributed by atoms with Gasteiger partial charge in [-0.15, -0.1) is 0 Å². The lowest BCUT2D eigenvalue weighted by Gasteiger charge is -2.23. The van der Waals surface area contributed by atoms with E-state index < -0.39 is 10.0 Å². The molecule has 1 heterocycles. The highest BCUT2D eigenvalue weighted by molar-refractivity contribution is 7.89. The van der Waals surface area contributed by atoms with E-state index in [0.29, 0.717) is 18.8 Å². The first-order chi connectivity index (χ1) is 9.57. The number of pyridine rings is 1. The van der Waals surface area contributed by atoms with Gasteiger partial charge >= 0.3 is 0 Å². The molecule has 0 radical (unpaired) electrons. The SMILES string of the molecule is CCCCN(CCCC)S(=O)(=O)c1cnccc1NC. The molecule has 0 spiro atoms. The zero-order chi connectivity index (χ0) is 15.0. The maximum atomic E-state index is 12.8. The van der Waals surface area contributed by atoms with Crippen LogP contribution in [0.4, 0.5) is 5.69 Å². The Kier molecular flexibility index (Phi) is 6.95. The van der Waals surface area contributed by atoms with Gasteiger partial charge in [-0.1, -0.05) is 26.7 Å². The first-order valence-electron chi connectivity index (χ1n) is 7.19. The zero-order valence-electron chi connectivity index (χ0n) is 12.6. The van der Waals surface area contributed by atoms with Crippen LogP contribution < -0.4 is 5.32 Å². The number of anilines is 1. The van der Waals surface area contributed by atoms with Crippen molar-refractivity contribution < 1.29 is 8.42 Å². The first kappa shape index (κ1) is 16.9. The summed E-state index contributed by atoms with van der Waals surface area (Å²) in [5.74, 6) is 0. The molecule has 0 atom stereocenters. The fraction of sp³-hybridized carbons (Fsp3) is 0.643. The second-order valence-corrected chi connectivity index (χ2v) is 6.64. The third-order valence-corrected chi connectivity index (χ3v) is 5.12. The summed E-state index contributed by atoms with van der Waals surface area (Å²) in [6.07, 6.45) is 6.71. The van der Waals surface area contributed by atoms with Gasteiger partial charge in [0.2, 0.25) is 10.0 Å². The van der Waals surface area contributed by atoms with Crippen LogP contribution in [0.15, 0.2) is 23.4 Å². The van der Waals surface area contributed by atoms with Crippen LogP contribution in [0.2, 0.25) is 0 Å². The maximum absolute atomic E-state index is 12.8. The Hall–Kier alpha value is -1.14. The normalized spacial score (nSPS) is 11.8. The third kappa shape index (κ3) is 4.18. The van der Waals surface area contributed by atoms with Gasteiger partial charge in [-0.2, -0.15) is 4.31 Å². The van der Waals surface area contributed by atoms with Crippen LogP contribution in [0, 0.1) is 0 Å². The van der Waals surface area contributed by atoms with Crippen molar-refractivity contribution >= 4 is 15.7 Å². The van der Waals surface area contributed by atoms with Crippen LogP contribution in [0.5, 0.6) is 0 Å². The number of sulfonamides is 1. The van der Waals surface area contributed by atoms with E-state index >= 15 is 0 Å². The topological polar surface area (TPSA) is 62.3 Å². The summed E-state index contributed by atoms with van der Waals surface area (Å²) < 4.78 is 27.1. The third-order valence-electron chi connectivity index (χ3n) is 3.19. The van der Waals surface area contributed by atoms with E-state index in [1.807, 2.05) is 0 Å². The molecule has 0 fully saturated rings. The Morgan fingerprint density at radius 3 is 2.30 bits per heavy atom. The van der Waals surface area contributed by atoms with Crippen molar-refractivity contribution in [2.45, 2.75) is 44.4 Å². The van der Waals surface area contributed by atoms with Crippen LogP contribution in [-0.4, -0.2) is 37.8 Å². The second kappa shape index (κ2) is 8.21. The standard InChI is InChI=1S/C14H25N3O2S/c1-4-6-10-17(11-7-5-2)20(18,19)14-12-16-9-8-13(14)15-3/h8-9,12H,4-7,10-11H2,1-3H3,(H,15,16). The van der Waals surface area contributed by atoms with Gasteiger partial charge in [0.05, 0.1) is 5.69 Å². The van der Waals surface area contributed by atoms with Gasteiger partial charge in [0.25, 0.3) is 0 Å². The summed E-state index contributed by atoms with van der Waals surface area (Å²) in [7, 11) is -1.76. The molecule has 1 N–H and O–H groups in total. The van der Waals surface area contributed by atoms with Gasteiger partial charge in [-0.3, -0.25) is 4.98 Å². The van der Waals surface area contributed by atoms with E-state index in [2.05, 4.69) is 24.1 Å². The number of unbranched alkanes of at least 4 members (excludes halogenated alkanes) is 2. The smallest absolute Gasteiger partial charge is 0.246 e. The minimum absolute atomic E-state index is 0.259. The van der Waals surface area contributed by atoms with Crippen molar-refractivity contribution in [1.82, 2.24) is 9.29 Å². The molecule has 6 heteroatoms. The predicted octanol–water partition coefficient (Wildman–Crippen LogP) is 2.71. The van der Waals surface area contributed by atoms with Crippen LogP contribution in [0.25, 0.3) is 0 Å². The summed E-state index contributed by atoms with van der Waals surface area (Å²) in [5, 5.41) is 2.92. The molecular weight excluding hydrogens is 274 g/mol. The average Bonchev–Trinajstić information content (AvgIpc) is 2.47. The molecule has 20 heavy (non-hydrogen) atoms. The fourth-order valence-corrected chi connectivity index (χ4v) is 3.61. The van der Waals surface area contributed by atoms with Crippen LogP contribution in [-0.2, 0) is 10.0 Å².